The molecule has 2 N–H and O–H groups in total. The van der Waals surface area contributed by atoms with Crippen molar-refractivity contribution in [2.24, 2.45) is 5.92 Å². The minimum Gasteiger partial charge on any atom is -0.350 e. The lowest BCUT2D eigenvalue weighted by atomic mass is 9.96. The molecule has 0 bridgehead atoms. The number of rotatable bonds is 5. The van der Waals surface area contributed by atoms with Crippen LogP contribution in [0, 0.1) is 5.92 Å². The monoisotopic (exact) mass is 544 g/mol. The largest absolute Gasteiger partial charge is 0.418 e. The summed E-state index contributed by atoms with van der Waals surface area (Å²) in [5.74, 6) is 0.341. The van der Waals surface area contributed by atoms with Gasteiger partial charge in [-0.1, -0.05) is 0 Å². The van der Waals surface area contributed by atoms with Gasteiger partial charge in [0.25, 0.3) is 0 Å². The Kier molecular flexibility index (Phi) is 6.09. The van der Waals surface area contributed by atoms with E-state index in [0.717, 1.165) is 28.7 Å². The number of alkyl halides is 6. The fourth-order valence-electron chi connectivity index (χ4n) is 3.51. The van der Waals surface area contributed by atoms with E-state index in [9.17, 15) is 26.7 Å². The average Bonchev–Trinajstić information content (AvgIpc) is 2.90. The van der Waals surface area contributed by atoms with Crippen molar-refractivity contribution in [1.82, 2.24) is 20.2 Å². The fourth-order valence-corrected chi connectivity index (χ4v) is 3.83. The third kappa shape index (κ3) is 5.59. The second-order valence-electron chi connectivity index (χ2n) is 8.66. The molecule has 11 heteroatoms. The number of aromatic amines is 1. The maximum absolute atomic E-state index is 13.6. The van der Waals surface area contributed by atoms with Crippen LogP contribution in [-0.2, 0) is 21.3 Å². The highest BCUT2D eigenvalue weighted by Crippen LogP contribution is 2.41. The molecule has 3 rings (SSSR count). The van der Waals surface area contributed by atoms with Crippen molar-refractivity contribution < 1.29 is 26.7 Å². The Morgan fingerprint density at radius 2 is 1.87 bits per heavy atom. The van der Waals surface area contributed by atoms with Gasteiger partial charge in [-0.3, -0.25) is 9.69 Å². The Labute approximate surface area is 183 Å². The van der Waals surface area contributed by atoms with E-state index in [-0.39, 0.29) is 34.9 Å². The Morgan fingerprint density at radius 3 is 2.40 bits per heavy atom. The van der Waals surface area contributed by atoms with Gasteiger partial charge in [0.2, 0.25) is 5.91 Å². The van der Waals surface area contributed by atoms with E-state index in [1.807, 2.05) is 25.7 Å². The number of hydrogen-bond acceptors (Lipinski definition) is 3. The Morgan fingerprint density at radius 1 is 1.23 bits per heavy atom. The van der Waals surface area contributed by atoms with Gasteiger partial charge >= 0.3 is 10.1 Å². The predicted octanol–water partition coefficient (Wildman–Crippen LogP) is 4.46. The second-order valence-corrected chi connectivity index (χ2v) is 10.0. The first-order valence-electron chi connectivity index (χ1n) is 9.32. The summed E-state index contributed by atoms with van der Waals surface area (Å²) >= 11 is 0.808. The van der Waals surface area contributed by atoms with Crippen molar-refractivity contribution in [3.8, 4) is 0 Å². The van der Waals surface area contributed by atoms with Gasteiger partial charge in [-0.05, 0) is 38.8 Å². The van der Waals surface area contributed by atoms with Crippen LogP contribution in [0.2, 0.25) is 0 Å². The first kappa shape index (κ1) is 23.2. The molecule has 1 aromatic carbocycles. The number of halogens is 6. The SMILES string of the molecule is CC(C)(C)NC(=O)CN1CC(Cc2nc3c(C(F)(F)F)cc(C(F)(F)I)cc3[nH]2)C1. The van der Waals surface area contributed by atoms with E-state index in [4.69, 9.17) is 0 Å². The number of nitrogens with one attached hydrogen (secondary N) is 2. The van der Waals surface area contributed by atoms with Gasteiger partial charge in [-0.15, -0.1) is 0 Å². The molecule has 1 fully saturated rings. The van der Waals surface area contributed by atoms with Gasteiger partial charge in [-0.2, -0.15) is 22.0 Å². The van der Waals surface area contributed by atoms with Crippen LogP contribution in [0.4, 0.5) is 22.0 Å². The van der Waals surface area contributed by atoms with Crippen molar-refractivity contribution in [3.63, 3.8) is 0 Å². The lowest BCUT2D eigenvalue weighted by Crippen LogP contribution is -2.53. The predicted molar refractivity (Wildman–Crippen MR) is 111 cm³/mol. The smallest absolute Gasteiger partial charge is 0.350 e. The lowest BCUT2D eigenvalue weighted by Gasteiger charge is -2.39. The summed E-state index contributed by atoms with van der Waals surface area (Å²) in [5, 5.41) is 2.87. The van der Waals surface area contributed by atoms with E-state index in [0.29, 0.717) is 31.4 Å². The molecule has 0 radical (unpaired) electrons. The number of amides is 1. The third-order valence-electron chi connectivity index (χ3n) is 4.66. The molecular weight excluding hydrogens is 522 g/mol. The average molecular weight is 544 g/mol. The normalized spacial score (nSPS) is 16.7. The zero-order valence-corrected chi connectivity index (χ0v) is 18.8. The third-order valence-corrected chi connectivity index (χ3v) is 5.29. The second kappa shape index (κ2) is 7.88. The van der Waals surface area contributed by atoms with Crippen LogP contribution in [0.5, 0.6) is 0 Å². The molecule has 30 heavy (non-hydrogen) atoms. The van der Waals surface area contributed by atoms with Gasteiger partial charge in [0.05, 0.1) is 17.6 Å². The van der Waals surface area contributed by atoms with Crippen molar-refractivity contribution in [2.45, 2.75) is 42.8 Å². The fraction of sp³-hybridized carbons (Fsp3) is 0.579. The number of imidazole rings is 1. The zero-order valence-electron chi connectivity index (χ0n) is 16.6. The van der Waals surface area contributed by atoms with E-state index in [2.05, 4.69) is 15.3 Å². The minimum atomic E-state index is -4.80. The molecule has 1 aliphatic rings. The van der Waals surface area contributed by atoms with Crippen molar-refractivity contribution >= 4 is 39.5 Å². The standard InChI is InChI=1S/C19H22F5IN4O/c1-17(2,3)28-15(30)9-29-7-10(8-29)4-14-26-13-6-11(19(23,24)25)5-12(16(13)27-14)18(20,21)22/h5-6,10H,4,7-9H2,1-3H3,(H,26,27)(H,28,30). The van der Waals surface area contributed by atoms with Crippen LogP contribution in [-0.4, -0.2) is 45.9 Å². The topological polar surface area (TPSA) is 61.0 Å². The number of H-pyrrole nitrogens is 1. The van der Waals surface area contributed by atoms with Crippen LogP contribution in [0.3, 0.4) is 0 Å². The van der Waals surface area contributed by atoms with Crippen LogP contribution in [0.1, 0.15) is 37.7 Å². The van der Waals surface area contributed by atoms with Gasteiger partial charge in [0.15, 0.2) is 0 Å². The molecule has 0 spiro atoms. The molecule has 0 unspecified atom stereocenters. The van der Waals surface area contributed by atoms with Crippen LogP contribution >= 0.6 is 22.6 Å². The van der Waals surface area contributed by atoms with Crippen molar-refractivity contribution in [2.75, 3.05) is 19.6 Å². The van der Waals surface area contributed by atoms with Crippen LogP contribution in [0.25, 0.3) is 11.0 Å². The highest BCUT2D eigenvalue weighted by Gasteiger charge is 2.38. The maximum Gasteiger partial charge on any atom is 0.418 e. The number of benzene rings is 1. The molecule has 1 amide bonds. The molecule has 0 saturated carbocycles. The zero-order chi connectivity index (χ0) is 22.5. The number of aromatic nitrogens is 2. The van der Waals surface area contributed by atoms with Gasteiger partial charge in [0.1, 0.15) is 11.3 Å². The first-order valence-corrected chi connectivity index (χ1v) is 10.4. The maximum atomic E-state index is 13.6. The molecule has 2 aromatic rings. The Balaban J connectivity index is 1.71. The molecule has 166 valence electrons. The Bertz CT molecular complexity index is 939. The van der Waals surface area contributed by atoms with Crippen LogP contribution in [0.15, 0.2) is 12.1 Å². The first-order chi connectivity index (χ1) is 13.6. The van der Waals surface area contributed by atoms with E-state index < -0.39 is 21.2 Å². The number of fused-ring (bicyclic) bond motifs is 1. The lowest BCUT2D eigenvalue weighted by molar-refractivity contribution is -0.136. The van der Waals surface area contributed by atoms with E-state index in [1.54, 1.807) is 0 Å². The van der Waals surface area contributed by atoms with Gasteiger partial charge < -0.3 is 10.3 Å². The summed E-state index contributed by atoms with van der Waals surface area (Å²) in [4.78, 5) is 20.7. The summed E-state index contributed by atoms with van der Waals surface area (Å²) in [7, 11) is 0. The highest BCUT2D eigenvalue weighted by atomic mass is 127. The molecule has 5 nitrogen and oxygen atoms in total. The highest BCUT2D eigenvalue weighted by molar-refractivity contribution is 14.1. The molecule has 2 heterocycles. The molecule has 1 aromatic heterocycles. The summed E-state index contributed by atoms with van der Waals surface area (Å²) in [6.07, 6.45) is -4.42. The quantitative estimate of drug-likeness (QED) is 0.332. The molecule has 1 saturated heterocycles. The summed E-state index contributed by atoms with van der Waals surface area (Å²) in [6, 6.07) is 1.47. The summed E-state index contributed by atoms with van der Waals surface area (Å²) < 4.78 is 64.0. The Hall–Kier alpha value is -1.50. The molecule has 0 aliphatic carbocycles. The summed E-state index contributed by atoms with van der Waals surface area (Å²) in [5.41, 5.74) is -2.64. The number of carbonyl (C=O) groups excluding carboxylic acids is 1. The molecule has 0 atom stereocenters. The van der Waals surface area contributed by atoms with Crippen molar-refractivity contribution in [1.29, 1.82) is 0 Å². The molecular formula is C19H22F5IN4O. The van der Waals surface area contributed by atoms with Crippen LogP contribution < -0.4 is 5.32 Å². The number of nitrogens with zero attached hydrogens (tertiary/aromatic N) is 2. The van der Waals surface area contributed by atoms with Gasteiger partial charge in [0, 0.05) is 53.2 Å². The number of likely N-dealkylation sites (tertiary alicyclic amines) is 1. The minimum absolute atomic E-state index is 0.0631. The number of carbonyl (C=O) groups is 1. The van der Waals surface area contributed by atoms with Crippen molar-refractivity contribution in [3.05, 3.63) is 29.1 Å². The molecule has 1 aliphatic heterocycles. The van der Waals surface area contributed by atoms with E-state index in [1.165, 1.54) is 0 Å². The van der Waals surface area contributed by atoms with Gasteiger partial charge in [-0.25, -0.2) is 4.98 Å². The summed E-state index contributed by atoms with van der Waals surface area (Å²) in [6.45, 7) is 7.13. The van der Waals surface area contributed by atoms with E-state index >= 15 is 0 Å². The number of hydrogen-bond donors (Lipinski definition) is 2.